The molecule has 3 atom stereocenters. The van der Waals surface area contributed by atoms with E-state index < -0.39 is 0 Å². The van der Waals surface area contributed by atoms with E-state index in [2.05, 4.69) is 27.7 Å². The number of rotatable bonds is 10. The molecule has 0 amide bonds. The zero-order valence-corrected chi connectivity index (χ0v) is 19.5. The lowest BCUT2D eigenvalue weighted by Gasteiger charge is -2.27. The maximum atomic E-state index is 2.45. The first-order valence-corrected chi connectivity index (χ1v) is 12.2. The molecule has 1 fully saturated rings. The molecule has 0 spiro atoms. The van der Waals surface area contributed by atoms with E-state index in [9.17, 15) is 0 Å². The summed E-state index contributed by atoms with van der Waals surface area (Å²) in [7, 11) is 0. The first-order chi connectivity index (χ1) is 12.2. The summed E-state index contributed by atoms with van der Waals surface area (Å²) < 4.78 is 0. The fraction of sp³-hybridized carbons (Fsp3) is 1.00. The largest absolute Gasteiger partial charge is 0.0776 e. The first-order valence-electron chi connectivity index (χ1n) is 12.2. The second kappa shape index (κ2) is 23.0. The molecule has 0 aliphatic heterocycles. The third-order valence-corrected chi connectivity index (χ3v) is 6.06. The highest BCUT2D eigenvalue weighted by Gasteiger charge is 2.27. The quantitative estimate of drug-likeness (QED) is 0.265. The smallest absolute Gasteiger partial charge is 0.0363 e. The predicted molar refractivity (Wildman–Crippen MR) is 126 cm³/mol. The van der Waals surface area contributed by atoms with Crippen molar-refractivity contribution in [2.24, 2.45) is 23.7 Å². The fourth-order valence-electron chi connectivity index (χ4n) is 4.54. The predicted octanol–water partition coefficient (Wildman–Crippen LogP) is 10.3. The van der Waals surface area contributed by atoms with Gasteiger partial charge >= 0.3 is 0 Å². The van der Waals surface area contributed by atoms with E-state index in [0.29, 0.717) is 0 Å². The second-order valence-corrected chi connectivity index (χ2v) is 8.01. The molecule has 0 aromatic carbocycles. The molecule has 0 N–H and O–H groups in total. The SMILES string of the molecule is C.CC.CC.CCCCCCCCCC1CCC(CC)C(C(C)C)CC1. The lowest BCUT2D eigenvalue weighted by Crippen LogP contribution is -2.18. The molecule has 162 valence electrons. The highest BCUT2D eigenvalue weighted by Crippen LogP contribution is 2.39. The van der Waals surface area contributed by atoms with Crippen LogP contribution in [0.3, 0.4) is 0 Å². The van der Waals surface area contributed by atoms with Gasteiger partial charge in [-0.3, -0.25) is 0 Å². The van der Waals surface area contributed by atoms with Crippen molar-refractivity contribution in [1.82, 2.24) is 0 Å². The van der Waals surface area contributed by atoms with Crippen molar-refractivity contribution in [3.05, 3.63) is 0 Å². The van der Waals surface area contributed by atoms with Gasteiger partial charge in [0.2, 0.25) is 0 Å². The van der Waals surface area contributed by atoms with Crippen molar-refractivity contribution < 1.29 is 0 Å². The molecule has 0 heterocycles. The molecule has 0 radical (unpaired) electrons. The van der Waals surface area contributed by atoms with Gasteiger partial charge in [0.15, 0.2) is 0 Å². The minimum atomic E-state index is 0. The molecule has 1 saturated carbocycles. The molecule has 1 aliphatic carbocycles. The summed E-state index contributed by atoms with van der Waals surface area (Å²) in [6.45, 7) is 17.6. The summed E-state index contributed by atoms with van der Waals surface area (Å²) in [6.07, 6.45) is 19.2. The van der Waals surface area contributed by atoms with Crippen LogP contribution in [-0.2, 0) is 0 Å². The lowest BCUT2D eigenvalue weighted by atomic mass is 9.79. The van der Waals surface area contributed by atoms with E-state index in [1.165, 1.54) is 83.5 Å². The Balaban J connectivity index is -0.000000985. The standard InChI is InChI=1S/C21H42.2C2H6.CH4/c1-5-7-8-9-10-11-12-13-19-14-16-20(6-2)21(17-15-19)18(3)4;2*1-2;/h18-21H,5-17H2,1-4H3;2*1-2H3;1H4. The van der Waals surface area contributed by atoms with Crippen molar-refractivity contribution in [2.45, 2.75) is 146 Å². The molecule has 26 heavy (non-hydrogen) atoms. The first kappa shape index (κ1) is 30.7. The Morgan fingerprint density at radius 2 is 1.19 bits per heavy atom. The van der Waals surface area contributed by atoms with Gasteiger partial charge in [0, 0.05) is 0 Å². The van der Waals surface area contributed by atoms with Crippen LogP contribution < -0.4 is 0 Å². The Labute approximate surface area is 170 Å². The van der Waals surface area contributed by atoms with Crippen LogP contribution in [-0.4, -0.2) is 0 Å². The highest BCUT2D eigenvalue weighted by molar-refractivity contribution is 4.78. The number of unbranched alkanes of at least 4 members (excludes halogenated alkanes) is 6. The van der Waals surface area contributed by atoms with Crippen LogP contribution in [0.5, 0.6) is 0 Å². The van der Waals surface area contributed by atoms with Crippen molar-refractivity contribution in [3.63, 3.8) is 0 Å². The molecule has 0 bridgehead atoms. The molecule has 0 aromatic rings. The molecule has 3 unspecified atom stereocenters. The molecule has 0 saturated heterocycles. The van der Waals surface area contributed by atoms with Crippen LogP contribution in [0.2, 0.25) is 0 Å². The Bertz CT molecular complexity index is 230. The Morgan fingerprint density at radius 1 is 0.692 bits per heavy atom. The molecule has 0 nitrogen and oxygen atoms in total. The summed E-state index contributed by atoms with van der Waals surface area (Å²) >= 11 is 0. The molecule has 1 aliphatic rings. The zero-order valence-electron chi connectivity index (χ0n) is 19.5. The van der Waals surface area contributed by atoms with Crippen LogP contribution in [0.25, 0.3) is 0 Å². The number of hydrogen-bond donors (Lipinski definition) is 0. The van der Waals surface area contributed by atoms with E-state index in [1.54, 1.807) is 0 Å². The van der Waals surface area contributed by atoms with E-state index in [1.807, 2.05) is 27.7 Å². The molecule has 0 heteroatoms. The summed E-state index contributed by atoms with van der Waals surface area (Å²) in [4.78, 5) is 0. The van der Waals surface area contributed by atoms with Gasteiger partial charge in [0.25, 0.3) is 0 Å². The normalized spacial score (nSPS) is 22.3. The van der Waals surface area contributed by atoms with Gasteiger partial charge < -0.3 is 0 Å². The average Bonchev–Trinajstić information content (AvgIpc) is 2.86. The zero-order chi connectivity index (χ0) is 19.5. The molecule has 1 rings (SSSR count). The fourth-order valence-corrected chi connectivity index (χ4v) is 4.54. The third-order valence-electron chi connectivity index (χ3n) is 6.06. The topological polar surface area (TPSA) is 0 Å². The van der Waals surface area contributed by atoms with Gasteiger partial charge in [0.1, 0.15) is 0 Å². The van der Waals surface area contributed by atoms with Crippen molar-refractivity contribution in [1.29, 1.82) is 0 Å². The van der Waals surface area contributed by atoms with Gasteiger partial charge in [-0.15, -0.1) is 0 Å². The minimum Gasteiger partial charge on any atom is -0.0776 e. The van der Waals surface area contributed by atoms with Crippen molar-refractivity contribution in [2.75, 3.05) is 0 Å². The van der Waals surface area contributed by atoms with Crippen LogP contribution in [0, 0.1) is 23.7 Å². The molecular weight excluding hydrogens is 312 g/mol. The van der Waals surface area contributed by atoms with E-state index in [4.69, 9.17) is 0 Å². The minimum absolute atomic E-state index is 0. The van der Waals surface area contributed by atoms with E-state index >= 15 is 0 Å². The summed E-state index contributed by atoms with van der Waals surface area (Å²) in [5, 5.41) is 0. The second-order valence-electron chi connectivity index (χ2n) is 8.01. The number of hydrogen-bond acceptors (Lipinski definition) is 0. The maximum Gasteiger partial charge on any atom is -0.0363 e. The van der Waals surface area contributed by atoms with Gasteiger partial charge in [0.05, 0.1) is 0 Å². The van der Waals surface area contributed by atoms with Crippen LogP contribution >= 0.6 is 0 Å². The molecular formula is C26H58. The van der Waals surface area contributed by atoms with E-state index in [-0.39, 0.29) is 7.43 Å². The van der Waals surface area contributed by atoms with Crippen LogP contribution in [0.1, 0.15) is 146 Å². The highest BCUT2D eigenvalue weighted by atomic mass is 14.3. The summed E-state index contributed by atoms with van der Waals surface area (Å²) in [6, 6.07) is 0. The summed E-state index contributed by atoms with van der Waals surface area (Å²) in [5.41, 5.74) is 0. The maximum absolute atomic E-state index is 2.45. The summed E-state index contributed by atoms with van der Waals surface area (Å²) in [5.74, 6) is 3.98. The Morgan fingerprint density at radius 3 is 1.69 bits per heavy atom. The van der Waals surface area contributed by atoms with Crippen molar-refractivity contribution >= 4 is 0 Å². The average molecular weight is 371 g/mol. The Hall–Kier alpha value is 0. The van der Waals surface area contributed by atoms with Gasteiger partial charge in [-0.05, 0) is 36.5 Å². The monoisotopic (exact) mass is 370 g/mol. The van der Waals surface area contributed by atoms with Gasteiger partial charge in [-0.2, -0.15) is 0 Å². The van der Waals surface area contributed by atoms with Gasteiger partial charge in [-0.1, -0.05) is 133 Å². The van der Waals surface area contributed by atoms with E-state index in [0.717, 1.165) is 23.7 Å². The Kier molecular flexibility index (Phi) is 27.2. The van der Waals surface area contributed by atoms with Crippen molar-refractivity contribution in [3.8, 4) is 0 Å². The van der Waals surface area contributed by atoms with Gasteiger partial charge in [-0.25, -0.2) is 0 Å². The molecule has 0 aromatic heterocycles. The van der Waals surface area contributed by atoms with Crippen LogP contribution in [0.15, 0.2) is 0 Å². The lowest BCUT2D eigenvalue weighted by molar-refractivity contribution is 0.232. The third kappa shape index (κ3) is 15.1. The van der Waals surface area contributed by atoms with Crippen LogP contribution in [0.4, 0.5) is 0 Å².